The van der Waals surface area contributed by atoms with Gasteiger partial charge in [0, 0.05) is 6.20 Å². The number of ether oxygens (including phenoxy) is 1. The molecule has 164 valence electrons. The summed E-state index contributed by atoms with van der Waals surface area (Å²) in [7, 11) is 0. The van der Waals surface area contributed by atoms with Gasteiger partial charge in [0.15, 0.2) is 0 Å². The molecular weight excluding hydrogens is 465 g/mol. The van der Waals surface area contributed by atoms with E-state index >= 15 is 0 Å². The number of hydrogen-bond donors (Lipinski definition) is 0. The minimum absolute atomic E-state index is 0.00545. The number of amides is 1. The lowest BCUT2D eigenvalue weighted by Gasteiger charge is -2.12. The van der Waals surface area contributed by atoms with Crippen LogP contribution in [0.1, 0.15) is 11.3 Å². The van der Waals surface area contributed by atoms with E-state index in [2.05, 4.69) is 4.98 Å². The number of hydrogen-bond acceptors (Lipinski definition) is 7. The van der Waals surface area contributed by atoms with Crippen molar-refractivity contribution >= 4 is 45.9 Å². The summed E-state index contributed by atoms with van der Waals surface area (Å²) in [6.45, 7) is 0.183. The SMILES string of the molecule is O=C1/C(=C\c2c(Oc3ccc(F)cc3)nc3ccccn3c2=O)SC(=S)N1Cc1ccco1. The lowest BCUT2D eigenvalue weighted by Crippen LogP contribution is -2.27. The second-order valence-corrected chi connectivity index (χ2v) is 8.64. The van der Waals surface area contributed by atoms with Crippen LogP contribution in [0.2, 0.25) is 0 Å². The van der Waals surface area contributed by atoms with Gasteiger partial charge in [0.2, 0.25) is 5.88 Å². The molecule has 10 heteroatoms. The number of thiocarbonyl (C=S) groups is 1. The van der Waals surface area contributed by atoms with Crippen molar-refractivity contribution in [2.24, 2.45) is 0 Å². The predicted octanol–water partition coefficient (Wildman–Crippen LogP) is 4.62. The second kappa shape index (κ2) is 8.64. The van der Waals surface area contributed by atoms with Crippen LogP contribution < -0.4 is 10.3 Å². The summed E-state index contributed by atoms with van der Waals surface area (Å²) < 4.78 is 26.1. The highest BCUT2D eigenvalue weighted by Gasteiger charge is 2.33. The van der Waals surface area contributed by atoms with E-state index in [1.807, 2.05) is 0 Å². The molecule has 0 N–H and O–H groups in total. The molecule has 0 unspecified atom stereocenters. The number of carbonyl (C=O) groups is 1. The number of pyridine rings is 1. The van der Waals surface area contributed by atoms with Crippen LogP contribution in [0.25, 0.3) is 11.7 Å². The maximum atomic E-state index is 13.3. The van der Waals surface area contributed by atoms with Gasteiger partial charge in [-0.1, -0.05) is 30.0 Å². The molecule has 33 heavy (non-hydrogen) atoms. The van der Waals surface area contributed by atoms with Gasteiger partial charge in [-0.05, 0) is 54.6 Å². The van der Waals surface area contributed by atoms with E-state index in [0.29, 0.717) is 21.5 Å². The van der Waals surface area contributed by atoms with Crippen LogP contribution in [-0.2, 0) is 11.3 Å². The number of fused-ring (bicyclic) bond motifs is 1. The largest absolute Gasteiger partial charge is 0.467 e. The van der Waals surface area contributed by atoms with Gasteiger partial charge in [0.1, 0.15) is 32.9 Å². The molecule has 7 nitrogen and oxygen atoms in total. The molecule has 3 aromatic heterocycles. The van der Waals surface area contributed by atoms with E-state index in [-0.39, 0.29) is 28.8 Å². The molecule has 1 aliphatic heterocycles. The Morgan fingerprint density at radius 3 is 2.70 bits per heavy atom. The number of halogens is 1. The van der Waals surface area contributed by atoms with Crippen molar-refractivity contribution < 1.29 is 18.3 Å². The third-order valence-electron chi connectivity index (χ3n) is 4.81. The smallest absolute Gasteiger partial charge is 0.269 e. The van der Waals surface area contributed by atoms with Crippen molar-refractivity contribution in [2.75, 3.05) is 0 Å². The van der Waals surface area contributed by atoms with E-state index < -0.39 is 11.4 Å². The predicted molar refractivity (Wildman–Crippen MR) is 125 cm³/mol. The Balaban J connectivity index is 1.57. The molecular formula is C23H14FN3O4S2. The molecule has 0 bridgehead atoms. The number of rotatable bonds is 5. The quantitative estimate of drug-likeness (QED) is 0.305. The number of thioether (sulfide) groups is 1. The van der Waals surface area contributed by atoms with Crippen LogP contribution in [0.4, 0.5) is 4.39 Å². The Labute approximate surface area is 196 Å². The molecule has 0 atom stereocenters. The monoisotopic (exact) mass is 479 g/mol. The summed E-state index contributed by atoms with van der Waals surface area (Å²) in [5.41, 5.74) is 0.0117. The highest BCUT2D eigenvalue weighted by molar-refractivity contribution is 8.26. The standard InChI is InChI=1S/C23H14FN3O4S2/c24-14-6-8-15(9-7-14)31-20-17(21(28)26-10-2-1-5-19(26)25-20)12-18-22(29)27(23(32)33-18)13-16-4-3-11-30-16/h1-12H,13H2/b18-12+. The number of carbonyl (C=O) groups excluding carboxylic acids is 1. The van der Waals surface area contributed by atoms with Crippen molar-refractivity contribution in [3.8, 4) is 11.6 Å². The molecule has 4 aromatic rings. The van der Waals surface area contributed by atoms with Crippen molar-refractivity contribution in [3.63, 3.8) is 0 Å². The Hall–Kier alpha value is -3.76. The summed E-state index contributed by atoms with van der Waals surface area (Å²) in [6, 6.07) is 13.9. The van der Waals surface area contributed by atoms with E-state index in [1.165, 1.54) is 45.9 Å². The van der Waals surface area contributed by atoms with Gasteiger partial charge < -0.3 is 9.15 Å². The van der Waals surface area contributed by atoms with Gasteiger partial charge in [-0.2, -0.15) is 4.98 Å². The zero-order chi connectivity index (χ0) is 22.9. The molecule has 1 fully saturated rings. The third-order valence-corrected chi connectivity index (χ3v) is 6.18. The fourth-order valence-electron chi connectivity index (χ4n) is 3.22. The van der Waals surface area contributed by atoms with Gasteiger partial charge in [-0.25, -0.2) is 4.39 Å². The zero-order valence-electron chi connectivity index (χ0n) is 16.8. The van der Waals surface area contributed by atoms with E-state index in [1.54, 1.807) is 36.5 Å². The Kier molecular flexibility index (Phi) is 5.53. The van der Waals surface area contributed by atoms with Gasteiger partial charge in [0.05, 0.1) is 17.7 Å². The number of benzene rings is 1. The summed E-state index contributed by atoms with van der Waals surface area (Å²) >= 11 is 6.44. The number of nitrogens with zero attached hydrogens (tertiary/aromatic N) is 3. The molecule has 5 rings (SSSR count). The summed E-state index contributed by atoms with van der Waals surface area (Å²) in [4.78, 5) is 32.4. The second-order valence-electron chi connectivity index (χ2n) is 6.97. The Morgan fingerprint density at radius 2 is 1.94 bits per heavy atom. The Morgan fingerprint density at radius 1 is 1.12 bits per heavy atom. The van der Waals surface area contributed by atoms with Crippen molar-refractivity contribution in [1.82, 2.24) is 14.3 Å². The molecule has 1 aromatic carbocycles. The first-order valence-corrected chi connectivity index (χ1v) is 10.9. The molecule has 1 amide bonds. The summed E-state index contributed by atoms with van der Waals surface area (Å²) in [6.07, 6.45) is 4.52. The summed E-state index contributed by atoms with van der Waals surface area (Å²) in [5.74, 6) is 0.0964. The first-order valence-electron chi connectivity index (χ1n) is 9.72. The molecule has 0 spiro atoms. The first-order chi connectivity index (χ1) is 16.0. The van der Waals surface area contributed by atoms with Gasteiger partial charge in [-0.15, -0.1) is 0 Å². The normalized spacial score (nSPS) is 15.1. The van der Waals surface area contributed by atoms with Crippen LogP contribution >= 0.6 is 24.0 Å². The molecule has 1 saturated heterocycles. The molecule has 0 saturated carbocycles. The molecule has 0 aliphatic carbocycles. The van der Waals surface area contributed by atoms with E-state index in [9.17, 15) is 14.0 Å². The molecule has 4 heterocycles. The van der Waals surface area contributed by atoms with Crippen molar-refractivity contribution in [1.29, 1.82) is 0 Å². The first kappa shape index (κ1) is 21.1. The third kappa shape index (κ3) is 4.18. The number of furan rings is 1. The van der Waals surface area contributed by atoms with Crippen molar-refractivity contribution in [3.05, 3.63) is 99.5 Å². The van der Waals surface area contributed by atoms with Crippen LogP contribution in [0.3, 0.4) is 0 Å². The van der Waals surface area contributed by atoms with E-state index in [0.717, 1.165) is 11.8 Å². The average molecular weight is 480 g/mol. The minimum Gasteiger partial charge on any atom is -0.467 e. The topological polar surface area (TPSA) is 77.0 Å². The highest BCUT2D eigenvalue weighted by atomic mass is 32.2. The summed E-state index contributed by atoms with van der Waals surface area (Å²) in [5, 5.41) is 0. The lowest BCUT2D eigenvalue weighted by atomic mass is 10.2. The molecule has 1 aliphatic rings. The lowest BCUT2D eigenvalue weighted by molar-refractivity contribution is -0.122. The Bertz CT molecular complexity index is 1460. The maximum Gasteiger partial charge on any atom is 0.269 e. The average Bonchev–Trinajstić information content (AvgIpc) is 3.42. The van der Waals surface area contributed by atoms with Crippen LogP contribution in [0.15, 0.2) is 81.2 Å². The van der Waals surface area contributed by atoms with Crippen LogP contribution in [-0.4, -0.2) is 24.5 Å². The highest BCUT2D eigenvalue weighted by Crippen LogP contribution is 2.35. The van der Waals surface area contributed by atoms with Gasteiger partial charge in [0.25, 0.3) is 11.5 Å². The fourth-order valence-corrected chi connectivity index (χ4v) is 4.46. The van der Waals surface area contributed by atoms with Crippen LogP contribution in [0.5, 0.6) is 11.6 Å². The molecule has 0 radical (unpaired) electrons. The maximum absolute atomic E-state index is 13.3. The number of aromatic nitrogens is 2. The fraction of sp³-hybridized carbons (Fsp3) is 0.0435. The van der Waals surface area contributed by atoms with Crippen molar-refractivity contribution in [2.45, 2.75) is 6.54 Å². The van der Waals surface area contributed by atoms with Crippen LogP contribution in [0, 0.1) is 5.82 Å². The van der Waals surface area contributed by atoms with Gasteiger partial charge >= 0.3 is 0 Å². The van der Waals surface area contributed by atoms with Gasteiger partial charge in [-0.3, -0.25) is 18.9 Å². The zero-order valence-corrected chi connectivity index (χ0v) is 18.4. The minimum atomic E-state index is -0.422. The van der Waals surface area contributed by atoms with E-state index in [4.69, 9.17) is 21.4 Å².